The van der Waals surface area contributed by atoms with E-state index in [2.05, 4.69) is 89.9 Å². The summed E-state index contributed by atoms with van der Waals surface area (Å²) in [5.41, 5.74) is 0. The lowest BCUT2D eigenvalue weighted by molar-refractivity contribution is 1.43. The van der Waals surface area contributed by atoms with Gasteiger partial charge in [0.1, 0.15) is 0 Å². The summed E-state index contributed by atoms with van der Waals surface area (Å²) in [4.78, 5) is 3.04. The second-order valence-corrected chi connectivity index (χ2v) is 7.50. The molecule has 0 spiro atoms. The summed E-state index contributed by atoms with van der Waals surface area (Å²) in [6.07, 6.45) is 3.99. The van der Waals surface area contributed by atoms with Gasteiger partial charge in [-0.3, -0.25) is 0 Å². The van der Waals surface area contributed by atoms with Crippen LogP contribution in [0.5, 0.6) is 0 Å². The van der Waals surface area contributed by atoms with E-state index in [0.29, 0.717) is 0 Å². The molecule has 0 aliphatic rings. The molecule has 1 heterocycles. The summed E-state index contributed by atoms with van der Waals surface area (Å²) >= 11 is 0. The van der Waals surface area contributed by atoms with Gasteiger partial charge in [0, 0.05) is 12.4 Å². The fourth-order valence-corrected chi connectivity index (χ4v) is 4.57. The molecule has 1 aromatic heterocycles. The molecule has 0 atom stereocenters. The first kappa shape index (κ1) is 16.1. The summed E-state index contributed by atoms with van der Waals surface area (Å²) in [5.74, 6) is 0. The Morgan fingerprint density at radius 2 is 0.690 bits per heavy atom. The zero-order valence-electron chi connectivity index (χ0n) is 15.9. The Hall–Kier alpha value is -3.84. The van der Waals surface area contributed by atoms with Crippen LogP contribution in [0.3, 0.4) is 0 Å². The van der Waals surface area contributed by atoms with Gasteiger partial charge in [-0.15, -0.1) is 0 Å². The van der Waals surface area contributed by atoms with Crippen molar-refractivity contribution in [2.45, 2.75) is 0 Å². The van der Waals surface area contributed by atoms with Crippen LogP contribution in [0.4, 0.5) is 0 Å². The molecule has 0 fully saturated rings. The fourth-order valence-electron chi connectivity index (χ4n) is 4.57. The molecular weight excluding hydrogens is 350 g/mol. The van der Waals surface area contributed by atoms with Crippen LogP contribution in [-0.2, 0) is 0 Å². The van der Waals surface area contributed by atoms with E-state index in [-0.39, 0.29) is 0 Å². The largest absolute Gasteiger partial charge is 0.366 e. The summed E-state index contributed by atoms with van der Waals surface area (Å²) in [6.45, 7) is 0. The van der Waals surface area contributed by atoms with Crippen LogP contribution in [0.15, 0.2) is 109 Å². The lowest BCUT2D eigenvalue weighted by atomic mass is 9.90. The minimum atomic E-state index is 1.28. The zero-order valence-corrected chi connectivity index (χ0v) is 15.9. The van der Waals surface area contributed by atoms with Crippen LogP contribution < -0.4 is 0 Å². The highest BCUT2D eigenvalue weighted by molar-refractivity contribution is 6.32. The number of nitrogens with one attached hydrogen (secondary N) is 1. The van der Waals surface area contributed by atoms with Gasteiger partial charge in [0.25, 0.3) is 0 Å². The standard InChI is InChI=1S/C20H12.C8H7N/c1-5-13-6-2-11-17-18-12-4-8-14-7-3-10-16(20(14)18)15(9-1)19(13)17;1-2-4-8-6-9-5-7(8)3-1/h1-12H;1-6,9H. The number of hydrogen-bond acceptors (Lipinski definition) is 0. The molecule has 0 radical (unpaired) electrons. The van der Waals surface area contributed by atoms with Gasteiger partial charge in [-0.2, -0.15) is 0 Å². The Balaban J connectivity index is 0.000000154. The van der Waals surface area contributed by atoms with Crippen LogP contribution in [-0.4, -0.2) is 4.98 Å². The van der Waals surface area contributed by atoms with Crippen molar-refractivity contribution in [3.8, 4) is 0 Å². The van der Waals surface area contributed by atoms with Crippen molar-refractivity contribution in [2.24, 2.45) is 0 Å². The fraction of sp³-hybridized carbons (Fsp3) is 0. The lowest BCUT2D eigenvalue weighted by Gasteiger charge is -2.13. The molecule has 1 nitrogen and oxygen atoms in total. The highest BCUT2D eigenvalue weighted by Crippen LogP contribution is 2.39. The zero-order chi connectivity index (χ0) is 19.2. The van der Waals surface area contributed by atoms with Crippen LogP contribution in [0.2, 0.25) is 0 Å². The van der Waals surface area contributed by atoms with E-state index in [0.717, 1.165) is 0 Å². The van der Waals surface area contributed by atoms with Crippen LogP contribution in [0.25, 0.3) is 53.9 Å². The van der Waals surface area contributed by atoms with E-state index in [1.807, 2.05) is 24.5 Å². The Morgan fingerprint density at radius 3 is 1.07 bits per heavy atom. The van der Waals surface area contributed by atoms with Gasteiger partial charge in [-0.25, -0.2) is 0 Å². The molecule has 6 aromatic carbocycles. The van der Waals surface area contributed by atoms with E-state index in [4.69, 9.17) is 0 Å². The number of rotatable bonds is 0. The molecule has 1 N–H and O–H groups in total. The maximum absolute atomic E-state index is 3.04. The predicted octanol–water partition coefficient (Wildman–Crippen LogP) is 7.91. The number of aromatic nitrogens is 1. The van der Waals surface area contributed by atoms with Gasteiger partial charge >= 0.3 is 0 Å². The first-order chi connectivity index (χ1) is 14.4. The van der Waals surface area contributed by atoms with E-state index in [1.165, 1.54) is 53.9 Å². The number of benzene rings is 6. The number of hydrogen-bond donors (Lipinski definition) is 1. The van der Waals surface area contributed by atoms with Crippen molar-refractivity contribution in [1.82, 2.24) is 4.98 Å². The van der Waals surface area contributed by atoms with E-state index >= 15 is 0 Å². The third-order valence-corrected chi connectivity index (χ3v) is 5.86. The van der Waals surface area contributed by atoms with E-state index in [9.17, 15) is 0 Å². The maximum atomic E-state index is 3.04. The lowest BCUT2D eigenvalue weighted by Crippen LogP contribution is -1.85. The molecular formula is C28H19N. The Labute approximate surface area is 168 Å². The SMILES string of the molecule is c1cc2cccc3c4cccc5cccc(c(c1)c23)c54.c1ccc2c[nH]cc2c1. The molecule has 0 saturated heterocycles. The van der Waals surface area contributed by atoms with Crippen molar-refractivity contribution in [3.05, 3.63) is 109 Å². The molecule has 29 heavy (non-hydrogen) atoms. The molecule has 0 bridgehead atoms. The van der Waals surface area contributed by atoms with Crippen molar-refractivity contribution < 1.29 is 0 Å². The number of fused-ring (bicyclic) bond motifs is 3. The minimum absolute atomic E-state index is 1.28. The first-order valence-electron chi connectivity index (χ1n) is 9.96. The average molecular weight is 369 g/mol. The smallest absolute Gasteiger partial charge is 0.00843 e. The Bertz CT molecular complexity index is 1400. The van der Waals surface area contributed by atoms with Crippen molar-refractivity contribution in [1.29, 1.82) is 0 Å². The molecule has 0 amide bonds. The topological polar surface area (TPSA) is 15.8 Å². The Morgan fingerprint density at radius 1 is 0.345 bits per heavy atom. The Kier molecular flexibility index (Phi) is 3.54. The maximum Gasteiger partial charge on any atom is 0.00843 e. The van der Waals surface area contributed by atoms with Gasteiger partial charge in [0.15, 0.2) is 0 Å². The second-order valence-electron chi connectivity index (χ2n) is 7.50. The number of H-pyrrole nitrogens is 1. The van der Waals surface area contributed by atoms with Crippen LogP contribution >= 0.6 is 0 Å². The summed E-state index contributed by atoms with van der Waals surface area (Å²) in [7, 11) is 0. The van der Waals surface area contributed by atoms with Gasteiger partial charge in [-0.05, 0) is 53.9 Å². The van der Waals surface area contributed by atoms with Gasteiger partial charge in [0.05, 0.1) is 0 Å². The normalized spacial score (nSPS) is 11.4. The highest BCUT2D eigenvalue weighted by atomic mass is 14.6. The van der Waals surface area contributed by atoms with Crippen molar-refractivity contribution in [3.63, 3.8) is 0 Å². The van der Waals surface area contributed by atoms with Crippen molar-refractivity contribution in [2.75, 3.05) is 0 Å². The summed E-state index contributed by atoms with van der Waals surface area (Å²) in [5, 5.41) is 13.4. The molecule has 136 valence electrons. The highest BCUT2D eigenvalue weighted by Gasteiger charge is 2.11. The monoisotopic (exact) mass is 369 g/mol. The summed E-state index contributed by atoms with van der Waals surface area (Å²) in [6, 6.07) is 34.7. The molecule has 7 aromatic rings. The van der Waals surface area contributed by atoms with E-state index in [1.54, 1.807) is 0 Å². The quantitative estimate of drug-likeness (QED) is 0.206. The molecule has 0 aliphatic carbocycles. The van der Waals surface area contributed by atoms with Gasteiger partial charge < -0.3 is 4.98 Å². The van der Waals surface area contributed by atoms with Crippen molar-refractivity contribution >= 4 is 53.9 Å². The third kappa shape index (κ3) is 2.48. The van der Waals surface area contributed by atoms with Gasteiger partial charge in [-0.1, -0.05) is 97.1 Å². The molecule has 1 heteroatoms. The third-order valence-electron chi connectivity index (χ3n) is 5.86. The molecule has 7 rings (SSSR count). The first-order valence-corrected chi connectivity index (χ1v) is 9.96. The predicted molar refractivity (Wildman–Crippen MR) is 126 cm³/mol. The van der Waals surface area contributed by atoms with Crippen LogP contribution in [0.1, 0.15) is 0 Å². The van der Waals surface area contributed by atoms with Crippen LogP contribution in [0, 0.1) is 0 Å². The molecule has 0 aliphatic heterocycles. The van der Waals surface area contributed by atoms with E-state index < -0.39 is 0 Å². The number of aromatic amines is 1. The van der Waals surface area contributed by atoms with Gasteiger partial charge in [0.2, 0.25) is 0 Å². The average Bonchev–Trinajstić information content (AvgIpc) is 3.27. The second kappa shape index (κ2) is 6.35. The molecule has 0 saturated carbocycles. The summed E-state index contributed by atoms with van der Waals surface area (Å²) < 4.78 is 0. The minimum Gasteiger partial charge on any atom is -0.366 e. The molecule has 0 unspecified atom stereocenters.